The van der Waals surface area contributed by atoms with Crippen LogP contribution in [-0.4, -0.2) is 49.5 Å². The summed E-state index contributed by atoms with van der Waals surface area (Å²) in [5, 5.41) is 11.0. The van der Waals surface area contributed by atoms with Gasteiger partial charge in [-0.05, 0) is 80.8 Å². The summed E-state index contributed by atoms with van der Waals surface area (Å²) < 4.78 is 10.7. The average molecular weight is 427 g/mol. The zero-order valence-corrected chi connectivity index (χ0v) is 18.2. The van der Waals surface area contributed by atoms with Gasteiger partial charge in [0.15, 0.2) is 17.3 Å². The van der Waals surface area contributed by atoms with Crippen LogP contribution in [0, 0.1) is 27.9 Å². The quantitative estimate of drug-likeness (QED) is 0.486. The average Bonchev–Trinajstić information content (AvgIpc) is 3.08. The smallest absolute Gasteiger partial charge is 0.265 e. The number of piperidine rings is 1. The predicted molar refractivity (Wildman–Crippen MR) is 117 cm³/mol. The largest absolute Gasteiger partial charge is 0.493 e. The van der Waals surface area contributed by atoms with Crippen LogP contribution in [0.5, 0.6) is 11.5 Å². The molecule has 0 radical (unpaired) electrons. The summed E-state index contributed by atoms with van der Waals surface area (Å²) in [4.78, 5) is 26.1. The minimum atomic E-state index is -0.309. The van der Waals surface area contributed by atoms with Crippen molar-refractivity contribution < 1.29 is 19.2 Å². The molecule has 2 atom stereocenters. The van der Waals surface area contributed by atoms with Gasteiger partial charge in [-0.25, -0.2) is 0 Å². The third kappa shape index (κ3) is 4.66. The van der Waals surface area contributed by atoms with Crippen molar-refractivity contribution in [3.63, 3.8) is 0 Å². The van der Waals surface area contributed by atoms with Gasteiger partial charge in [0.2, 0.25) is 0 Å². The number of nitrogens with zero attached hydrogens (tertiary/aromatic N) is 2. The minimum absolute atomic E-state index is 0.0393. The molecule has 7 heteroatoms. The second-order valence-electron chi connectivity index (χ2n) is 8.86. The van der Waals surface area contributed by atoms with E-state index < -0.39 is 0 Å². The van der Waals surface area contributed by atoms with Crippen LogP contribution in [0.3, 0.4) is 0 Å². The Morgan fingerprint density at radius 2 is 1.87 bits per heavy atom. The van der Waals surface area contributed by atoms with E-state index in [9.17, 15) is 14.9 Å². The monoisotopic (exact) mass is 426 g/mol. The lowest BCUT2D eigenvalue weighted by atomic mass is 9.85. The molecule has 2 aliphatic carbocycles. The minimum Gasteiger partial charge on any atom is -0.493 e. The molecule has 0 amide bonds. The number of benzene rings is 1. The van der Waals surface area contributed by atoms with Crippen molar-refractivity contribution in [2.24, 2.45) is 17.8 Å². The van der Waals surface area contributed by atoms with Crippen LogP contribution in [0.2, 0.25) is 0 Å². The lowest BCUT2D eigenvalue weighted by Crippen LogP contribution is -2.37. The molecule has 4 rings (SSSR count). The van der Waals surface area contributed by atoms with E-state index in [0.29, 0.717) is 17.4 Å². The number of nitro groups is 1. The van der Waals surface area contributed by atoms with Gasteiger partial charge in [0.05, 0.1) is 19.1 Å². The number of ether oxygens (including phenoxy) is 2. The molecule has 0 bridgehead atoms. The first-order valence-electron chi connectivity index (χ1n) is 11.0. The molecule has 1 heterocycles. The lowest BCUT2D eigenvalue weighted by Gasteiger charge is -2.34. The third-order valence-corrected chi connectivity index (χ3v) is 6.87. The maximum absolute atomic E-state index is 13.0. The standard InChI is InChI=1S/C24H30N2O5/c1-30-22-13-18-12-19(24(27)21(18)14-23(22)31-2)10-16-6-8-25(9-7-16)15-17-4-3-5-20(11-17)26(28)29/h3,5,11,13-14,16-17,19H,4,6-10,12,15H2,1-2H3. The number of methoxy groups -OCH3 is 2. The first-order chi connectivity index (χ1) is 15.0. The molecule has 1 aromatic rings. The van der Waals surface area contributed by atoms with Crippen LogP contribution >= 0.6 is 0 Å². The van der Waals surface area contributed by atoms with Gasteiger partial charge in [-0.1, -0.05) is 6.08 Å². The zero-order chi connectivity index (χ0) is 22.0. The molecule has 2 unspecified atom stereocenters. The third-order valence-electron chi connectivity index (χ3n) is 6.87. The second-order valence-corrected chi connectivity index (χ2v) is 8.86. The normalized spacial score (nSPS) is 24.1. The highest BCUT2D eigenvalue weighted by Crippen LogP contribution is 2.39. The van der Waals surface area contributed by atoms with E-state index >= 15 is 0 Å². The highest BCUT2D eigenvalue weighted by atomic mass is 16.6. The number of Topliss-reactive ketones (excluding diaryl/α,β-unsaturated/α-hetero) is 1. The summed E-state index contributed by atoms with van der Waals surface area (Å²) in [5.41, 5.74) is 2.04. The van der Waals surface area contributed by atoms with E-state index in [1.807, 2.05) is 18.2 Å². The molecule has 3 aliphatic rings. The van der Waals surface area contributed by atoms with Crippen LogP contribution in [0.15, 0.2) is 36.1 Å². The second kappa shape index (κ2) is 9.22. The SMILES string of the molecule is COc1cc2c(cc1OC)C(=O)C(CC1CCN(CC3C=C([N+](=O)[O-])C=CC3)CC1)C2. The molecule has 31 heavy (non-hydrogen) atoms. The Labute approximate surface area is 182 Å². The first kappa shape index (κ1) is 21.6. The van der Waals surface area contributed by atoms with E-state index in [4.69, 9.17) is 9.47 Å². The Morgan fingerprint density at radius 3 is 2.55 bits per heavy atom. The molecular formula is C24H30N2O5. The number of carbonyl (C=O) groups is 1. The van der Waals surface area contributed by atoms with Gasteiger partial charge in [-0.15, -0.1) is 0 Å². The van der Waals surface area contributed by atoms with Crippen molar-refractivity contribution in [3.8, 4) is 11.5 Å². The summed E-state index contributed by atoms with van der Waals surface area (Å²) in [6.07, 6.45) is 10.00. The molecule has 1 fully saturated rings. The van der Waals surface area contributed by atoms with E-state index in [1.165, 1.54) is 0 Å². The van der Waals surface area contributed by atoms with E-state index in [0.717, 1.165) is 62.9 Å². The summed E-state index contributed by atoms with van der Waals surface area (Å²) in [7, 11) is 3.20. The molecule has 0 saturated carbocycles. The number of ketones is 1. The molecule has 166 valence electrons. The summed E-state index contributed by atoms with van der Waals surface area (Å²) >= 11 is 0. The Kier molecular flexibility index (Phi) is 6.41. The van der Waals surface area contributed by atoms with Gasteiger partial charge in [-0.3, -0.25) is 14.9 Å². The summed E-state index contributed by atoms with van der Waals surface area (Å²) in [5.74, 6) is 2.30. The number of hydrogen-bond acceptors (Lipinski definition) is 6. The van der Waals surface area contributed by atoms with Crippen LogP contribution < -0.4 is 9.47 Å². The van der Waals surface area contributed by atoms with Crippen LogP contribution in [0.25, 0.3) is 0 Å². The van der Waals surface area contributed by atoms with Gasteiger partial charge in [-0.2, -0.15) is 0 Å². The number of likely N-dealkylation sites (tertiary alicyclic amines) is 1. The van der Waals surface area contributed by atoms with Gasteiger partial charge < -0.3 is 14.4 Å². The van der Waals surface area contributed by atoms with Crippen molar-refractivity contribution in [1.29, 1.82) is 0 Å². The maximum Gasteiger partial charge on any atom is 0.265 e. The Balaban J connectivity index is 1.30. The first-order valence-corrected chi connectivity index (χ1v) is 11.0. The van der Waals surface area contributed by atoms with Crippen molar-refractivity contribution in [2.75, 3.05) is 33.9 Å². The molecule has 0 aromatic heterocycles. The molecular weight excluding hydrogens is 396 g/mol. The van der Waals surface area contributed by atoms with Gasteiger partial charge in [0, 0.05) is 24.1 Å². The van der Waals surface area contributed by atoms with Crippen molar-refractivity contribution >= 4 is 5.78 Å². The summed E-state index contributed by atoms with van der Waals surface area (Å²) in [6.45, 7) is 2.84. The van der Waals surface area contributed by atoms with Gasteiger partial charge in [0.1, 0.15) is 0 Å². The number of carbonyl (C=O) groups excluding carboxylic acids is 1. The molecule has 0 N–H and O–H groups in total. The Morgan fingerprint density at radius 1 is 1.16 bits per heavy atom. The molecule has 7 nitrogen and oxygen atoms in total. The topological polar surface area (TPSA) is 81.9 Å². The number of hydrogen-bond donors (Lipinski definition) is 0. The maximum atomic E-state index is 13.0. The van der Waals surface area contributed by atoms with Crippen molar-refractivity contribution in [3.05, 3.63) is 57.3 Å². The lowest BCUT2D eigenvalue weighted by molar-refractivity contribution is -0.419. The fraction of sp³-hybridized carbons (Fsp3) is 0.542. The number of allylic oxidation sites excluding steroid dienone is 2. The fourth-order valence-corrected chi connectivity index (χ4v) is 5.20. The fourth-order valence-electron chi connectivity index (χ4n) is 5.20. The zero-order valence-electron chi connectivity index (χ0n) is 18.2. The highest BCUT2D eigenvalue weighted by molar-refractivity contribution is 6.02. The Bertz CT molecular complexity index is 915. The van der Waals surface area contributed by atoms with Gasteiger partial charge >= 0.3 is 0 Å². The van der Waals surface area contributed by atoms with Gasteiger partial charge in [0.25, 0.3) is 5.70 Å². The van der Waals surface area contributed by atoms with Crippen LogP contribution in [0.4, 0.5) is 0 Å². The van der Waals surface area contributed by atoms with Crippen molar-refractivity contribution in [1.82, 2.24) is 4.90 Å². The summed E-state index contributed by atoms with van der Waals surface area (Å²) in [6, 6.07) is 3.77. The number of rotatable bonds is 7. The van der Waals surface area contributed by atoms with Crippen LogP contribution in [0.1, 0.15) is 41.6 Å². The van der Waals surface area contributed by atoms with E-state index in [1.54, 1.807) is 26.4 Å². The Hall–Kier alpha value is -2.67. The number of fused-ring (bicyclic) bond motifs is 1. The molecule has 1 saturated heterocycles. The van der Waals surface area contributed by atoms with E-state index in [-0.39, 0.29) is 28.2 Å². The highest BCUT2D eigenvalue weighted by Gasteiger charge is 2.34. The predicted octanol–water partition coefficient (Wildman–Crippen LogP) is 3.90. The van der Waals surface area contributed by atoms with E-state index in [2.05, 4.69) is 4.90 Å². The van der Waals surface area contributed by atoms with Crippen LogP contribution in [-0.2, 0) is 6.42 Å². The molecule has 1 aromatic carbocycles. The molecule has 0 spiro atoms. The van der Waals surface area contributed by atoms with Crippen molar-refractivity contribution in [2.45, 2.75) is 32.1 Å². The molecule has 1 aliphatic heterocycles.